The van der Waals surface area contributed by atoms with Crippen LogP contribution in [0.3, 0.4) is 0 Å². The van der Waals surface area contributed by atoms with Gasteiger partial charge >= 0.3 is 0 Å². The molecular formula is C7H15N. The predicted molar refractivity (Wildman–Crippen MR) is 37.7 cm³/mol. The molecule has 0 aromatic carbocycles. The number of rotatable bonds is 4. The van der Waals surface area contributed by atoms with Crippen LogP contribution in [0.25, 0.3) is 0 Å². The molecule has 0 saturated heterocycles. The van der Waals surface area contributed by atoms with Gasteiger partial charge in [0.25, 0.3) is 0 Å². The van der Waals surface area contributed by atoms with E-state index in [4.69, 9.17) is 5.73 Å². The maximum atomic E-state index is 5.28. The molecule has 8 heavy (non-hydrogen) atoms. The smallest absolute Gasteiger partial charge is 0.00743 e. The van der Waals surface area contributed by atoms with E-state index in [9.17, 15) is 0 Å². The van der Waals surface area contributed by atoms with Crippen molar-refractivity contribution in [2.45, 2.75) is 26.2 Å². The molecule has 0 aliphatic rings. The fourth-order valence-corrected chi connectivity index (χ4v) is 0.520. The average molecular weight is 113 g/mol. The Morgan fingerprint density at radius 3 is 2.62 bits per heavy atom. The van der Waals surface area contributed by atoms with Crippen molar-refractivity contribution in [3.8, 4) is 0 Å². The molecule has 1 heteroatoms. The van der Waals surface area contributed by atoms with Gasteiger partial charge in [-0.2, -0.15) is 0 Å². The van der Waals surface area contributed by atoms with Gasteiger partial charge in [0, 0.05) is 0 Å². The Morgan fingerprint density at radius 1 is 1.38 bits per heavy atom. The van der Waals surface area contributed by atoms with Gasteiger partial charge in [0.15, 0.2) is 0 Å². The number of allylic oxidation sites excluding steroid dienone is 2. The predicted octanol–water partition coefficient (Wildman–Crippen LogP) is 1.69. The second-order valence-electron chi connectivity index (χ2n) is 1.81. The van der Waals surface area contributed by atoms with Crippen LogP contribution >= 0.6 is 0 Å². The lowest BCUT2D eigenvalue weighted by Crippen LogP contribution is -1.96. The first-order chi connectivity index (χ1) is 3.91. The third-order valence-corrected chi connectivity index (χ3v) is 0.977. The van der Waals surface area contributed by atoms with Gasteiger partial charge in [0.1, 0.15) is 0 Å². The summed E-state index contributed by atoms with van der Waals surface area (Å²) in [6.45, 7) is 2.95. The first kappa shape index (κ1) is 7.70. The van der Waals surface area contributed by atoms with Crippen molar-refractivity contribution in [3.05, 3.63) is 12.2 Å². The molecule has 0 aliphatic heterocycles. The highest BCUT2D eigenvalue weighted by Gasteiger charge is 1.74. The second kappa shape index (κ2) is 6.70. The van der Waals surface area contributed by atoms with E-state index in [-0.39, 0.29) is 0 Å². The summed E-state index contributed by atoms with van der Waals surface area (Å²) in [4.78, 5) is 0. The van der Waals surface area contributed by atoms with Crippen molar-refractivity contribution in [2.75, 3.05) is 6.54 Å². The van der Waals surface area contributed by atoms with E-state index in [2.05, 4.69) is 19.1 Å². The average Bonchev–Trinajstić information content (AvgIpc) is 1.81. The van der Waals surface area contributed by atoms with E-state index in [1.165, 1.54) is 0 Å². The van der Waals surface area contributed by atoms with Crippen LogP contribution in [0.5, 0.6) is 0 Å². The van der Waals surface area contributed by atoms with Crippen LogP contribution in [0.2, 0.25) is 0 Å². The summed E-state index contributed by atoms with van der Waals surface area (Å²) < 4.78 is 0. The maximum Gasteiger partial charge on any atom is -0.00743 e. The van der Waals surface area contributed by atoms with Crippen LogP contribution in [-0.2, 0) is 0 Å². The Morgan fingerprint density at radius 2 is 2.12 bits per heavy atom. The summed E-state index contributed by atoms with van der Waals surface area (Å²) in [5.41, 5.74) is 5.28. The van der Waals surface area contributed by atoms with Crippen molar-refractivity contribution in [1.29, 1.82) is 0 Å². The van der Waals surface area contributed by atoms with Crippen LogP contribution in [0.1, 0.15) is 26.2 Å². The summed E-state index contributed by atoms with van der Waals surface area (Å²) in [5.74, 6) is 0. The van der Waals surface area contributed by atoms with Crippen molar-refractivity contribution in [3.63, 3.8) is 0 Å². The Hall–Kier alpha value is -0.300. The number of nitrogens with two attached hydrogens (primary N) is 1. The van der Waals surface area contributed by atoms with Gasteiger partial charge in [-0.15, -0.1) is 0 Å². The molecule has 1 nitrogen and oxygen atoms in total. The molecule has 0 rings (SSSR count). The van der Waals surface area contributed by atoms with E-state index in [1.807, 2.05) is 0 Å². The normalized spacial score (nSPS) is 10.8. The molecule has 0 saturated carbocycles. The molecule has 0 atom stereocenters. The molecule has 0 spiro atoms. The molecule has 0 radical (unpaired) electrons. The topological polar surface area (TPSA) is 26.0 Å². The van der Waals surface area contributed by atoms with Gasteiger partial charge < -0.3 is 5.73 Å². The highest BCUT2D eigenvalue weighted by Crippen LogP contribution is 1.88. The van der Waals surface area contributed by atoms with Gasteiger partial charge in [0.2, 0.25) is 0 Å². The zero-order valence-electron chi connectivity index (χ0n) is 5.56. The van der Waals surface area contributed by atoms with Crippen LogP contribution in [0, 0.1) is 0 Å². The molecular weight excluding hydrogens is 98.1 g/mol. The summed E-state index contributed by atoms with van der Waals surface area (Å²) in [6.07, 6.45) is 7.77. The second-order valence-corrected chi connectivity index (χ2v) is 1.81. The van der Waals surface area contributed by atoms with Gasteiger partial charge in [-0.1, -0.05) is 19.1 Å². The minimum atomic E-state index is 0.814. The molecule has 48 valence electrons. The monoisotopic (exact) mass is 113 g/mol. The zero-order chi connectivity index (χ0) is 6.24. The quantitative estimate of drug-likeness (QED) is 0.435. The third-order valence-electron chi connectivity index (χ3n) is 0.977. The first-order valence-electron chi connectivity index (χ1n) is 3.27. The highest BCUT2D eigenvalue weighted by molar-refractivity contribution is 4.79. The first-order valence-corrected chi connectivity index (χ1v) is 3.27. The minimum absolute atomic E-state index is 0.814. The molecule has 0 heterocycles. The molecule has 2 N–H and O–H groups in total. The van der Waals surface area contributed by atoms with E-state index < -0.39 is 0 Å². The van der Waals surface area contributed by atoms with E-state index in [0.29, 0.717) is 0 Å². The van der Waals surface area contributed by atoms with Crippen LogP contribution in [0.15, 0.2) is 12.2 Å². The van der Waals surface area contributed by atoms with Gasteiger partial charge in [0.05, 0.1) is 0 Å². The number of unbranched alkanes of at least 4 members (excludes halogenated alkanes) is 1. The summed E-state index contributed by atoms with van der Waals surface area (Å²) in [6, 6.07) is 0. The molecule has 0 bridgehead atoms. The third kappa shape index (κ3) is 5.70. The summed E-state index contributed by atoms with van der Waals surface area (Å²) in [7, 11) is 0. The fraction of sp³-hybridized carbons (Fsp3) is 0.714. The van der Waals surface area contributed by atoms with Crippen molar-refractivity contribution in [1.82, 2.24) is 0 Å². The SMILES string of the molecule is CCC=CCCCN. The van der Waals surface area contributed by atoms with Crippen LogP contribution in [-0.4, -0.2) is 6.54 Å². The van der Waals surface area contributed by atoms with Crippen molar-refractivity contribution in [2.24, 2.45) is 5.73 Å². The van der Waals surface area contributed by atoms with E-state index in [0.717, 1.165) is 25.8 Å². The lowest BCUT2D eigenvalue weighted by Gasteiger charge is -1.85. The van der Waals surface area contributed by atoms with Gasteiger partial charge in [-0.25, -0.2) is 0 Å². The highest BCUT2D eigenvalue weighted by atomic mass is 14.5. The van der Waals surface area contributed by atoms with E-state index >= 15 is 0 Å². The Balaban J connectivity index is 2.80. The zero-order valence-corrected chi connectivity index (χ0v) is 5.56. The molecule has 0 aromatic rings. The summed E-state index contributed by atoms with van der Waals surface area (Å²) in [5, 5.41) is 0. The Labute approximate surface area is 51.6 Å². The van der Waals surface area contributed by atoms with Crippen LogP contribution < -0.4 is 5.73 Å². The molecule has 0 aromatic heterocycles. The molecule has 0 unspecified atom stereocenters. The molecule has 0 fully saturated rings. The van der Waals surface area contributed by atoms with Crippen molar-refractivity contribution >= 4 is 0 Å². The Kier molecular flexibility index (Phi) is 6.45. The maximum absolute atomic E-state index is 5.28. The molecule has 0 aliphatic carbocycles. The number of hydrogen-bond donors (Lipinski definition) is 1. The van der Waals surface area contributed by atoms with Gasteiger partial charge in [-0.05, 0) is 25.8 Å². The largest absolute Gasteiger partial charge is 0.330 e. The summed E-state index contributed by atoms with van der Waals surface area (Å²) >= 11 is 0. The van der Waals surface area contributed by atoms with Crippen LogP contribution in [0.4, 0.5) is 0 Å². The fourth-order valence-electron chi connectivity index (χ4n) is 0.520. The molecule has 0 amide bonds. The van der Waals surface area contributed by atoms with E-state index in [1.54, 1.807) is 0 Å². The minimum Gasteiger partial charge on any atom is -0.330 e. The standard InChI is InChI=1S/C7H15N/c1-2-3-4-5-6-7-8/h3-4H,2,5-8H2,1H3. The lowest BCUT2D eigenvalue weighted by molar-refractivity contribution is 0.852. The van der Waals surface area contributed by atoms with Gasteiger partial charge in [-0.3, -0.25) is 0 Å². The lowest BCUT2D eigenvalue weighted by atomic mass is 10.3. The Bertz CT molecular complexity index is 57.4. The van der Waals surface area contributed by atoms with Crippen molar-refractivity contribution < 1.29 is 0 Å². The number of hydrogen-bond acceptors (Lipinski definition) is 1.